The fourth-order valence-electron chi connectivity index (χ4n) is 2.00. The van der Waals surface area contributed by atoms with Gasteiger partial charge < -0.3 is 14.6 Å². The Balaban J connectivity index is 1.96. The van der Waals surface area contributed by atoms with Crippen molar-refractivity contribution in [2.45, 2.75) is 33.7 Å². The Labute approximate surface area is 123 Å². The maximum atomic E-state index is 12.0. The number of amides is 1. The number of nitrogens with one attached hydrogen (secondary N) is 1. The van der Waals surface area contributed by atoms with Crippen LogP contribution in [0.3, 0.4) is 0 Å². The fraction of sp³-hybridized carbons (Fsp3) is 0.400. The van der Waals surface area contributed by atoms with Gasteiger partial charge in [-0.3, -0.25) is 4.79 Å². The second-order valence-electron chi connectivity index (χ2n) is 4.66. The van der Waals surface area contributed by atoms with Crippen LogP contribution in [0, 0.1) is 13.8 Å². The van der Waals surface area contributed by atoms with Crippen molar-refractivity contribution in [1.29, 1.82) is 0 Å². The number of pyridine rings is 1. The third kappa shape index (κ3) is 3.81. The molecule has 112 valence electrons. The Bertz CT molecular complexity index is 603. The molecule has 0 aliphatic carbocycles. The highest BCUT2D eigenvalue weighted by Crippen LogP contribution is 2.15. The predicted molar refractivity (Wildman–Crippen MR) is 76.9 cm³/mol. The average molecular weight is 289 g/mol. The Hall–Kier alpha value is -2.37. The van der Waals surface area contributed by atoms with Gasteiger partial charge in [-0.05, 0) is 26.8 Å². The van der Waals surface area contributed by atoms with Gasteiger partial charge in [0.25, 0.3) is 0 Å². The lowest BCUT2D eigenvalue weighted by Crippen LogP contribution is -2.25. The van der Waals surface area contributed by atoms with Crippen molar-refractivity contribution in [3.8, 4) is 5.88 Å². The van der Waals surface area contributed by atoms with Crippen molar-refractivity contribution < 1.29 is 14.1 Å². The van der Waals surface area contributed by atoms with E-state index in [1.807, 2.05) is 26.0 Å². The van der Waals surface area contributed by atoms with Crippen LogP contribution in [0.5, 0.6) is 5.88 Å². The molecule has 0 atom stereocenters. The van der Waals surface area contributed by atoms with E-state index in [0.717, 1.165) is 16.8 Å². The Morgan fingerprint density at radius 2 is 2.24 bits per heavy atom. The number of aryl methyl sites for hydroxylation is 2. The minimum Gasteiger partial charge on any atom is -0.478 e. The van der Waals surface area contributed by atoms with Crippen LogP contribution in [0.25, 0.3) is 0 Å². The second-order valence-corrected chi connectivity index (χ2v) is 4.66. The molecule has 0 aliphatic heterocycles. The standard InChI is InChI=1S/C15H19N3O3/c1-4-20-15-12(6-5-7-16-15)9-17-14(19)8-13-10(2)18-21-11(13)3/h5-7H,4,8-9H2,1-3H3,(H,17,19). The lowest BCUT2D eigenvalue weighted by molar-refractivity contribution is -0.120. The Kier molecular flexibility index (Phi) is 4.92. The first-order valence-electron chi connectivity index (χ1n) is 6.87. The molecule has 0 radical (unpaired) electrons. The van der Waals surface area contributed by atoms with Gasteiger partial charge in [0.2, 0.25) is 11.8 Å². The number of carbonyl (C=O) groups is 1. The van der Waals surface area contributed by atoms with Crippen LogP contribution in [0.2, 0.25) is 0 Å². The van der Waals surface area contributed by atoms with E-state index in [1.54, 1.807) is 13.1 Å². The summed E-state index contributed by atoms with van der Waals surface area (Å²) in [5.41, 5.74) is 2.44. The zero-order valence-electron chi connectivity index (χ0n) is 12.5. The minimum atomic E-state index is -0.0873. The first-order valence-corrected chi connectivity index (χ1v) is 6.87. The average Bonchev–Trinajstić information content (AvgIpc) is 2.78. The lowest BCUT2D eigenvalue weighted by Gasteiger charge is -2.09. The Morgan fingerprint density at radius 1 is 1.43 bits per heavy atom. The largest absolute Gasteiger partial charge is 0.478 e. The molecule has 2 heterocycles. The third-order valence-corrected chi connectivity index (χ3v) is 3.13. The van der Waals surface area contributed by atoms with Gasteiger partial charge in [-0.1, -0.05) is 11.2 Å². The number of nitrogens with zero attached hydrogens (tertiary/aromatic N) is 2. The predicted octanol–water partition coefficient (Wildman–Crippen LogP) is 1.94. The first kappa shape index (κ1) is 15.0. The normalized spacial score (nSPS) is 10.4. The van der Waals surface area contributed by atoms with Gasteiger partial charge in [0.15, 0.2) is 0 Å². The van der Waals surface area contributed by atoms with E-state index in [0.29, 0.717) is 24.8 Å². The van der Waals surface area contributed by atoms with Gasteiger partial charge in [0, 0.05) is 23.9 Å². The van der Waals surface area contributed by atoms with E-state index in [2.05, 4.69) is 15.5 Å². The zero-order chi connectivity index (χ0) is 15.2. The van der Waals surface area contributed by atoms with Crippen molar-refractivity contribution in [2.24, 2.45) is 0 Å². The summed E-state index contributed by atoms with van der Waals surface area (Å²) in [5.74, 6) is 1.15. The number of hydrogen-bond acceptors (Lipinski definition) is 5. The molecule has 6 heteroatoms. The summed E-state index contributed by atoms with van der Waals surface area (Å²) >= 11 is 0. The number of hydrogen-bond donors (Lipinski definition) is 1. The van der Waals surface area contributed by atoms with Crippen LogP contribution >= 0.6 is 0 Å². The monoisotopic (exact) mass is 289 g/mol. The highest BCUT2D eigenvalue weighted by molar-refractivity contribution is 5.79. The molecule has 0 fully saturated rings. The van der Waals surface area contributed by atoms with Crippen molar-refractivity contribution >= 4 is 5.91 Å². The van der Waals surface area contributed by atoms with Crippen LogP contribution in [0.4, 0.5) is 0 Å². The third-order valence-electron chi connectivity index (χ3n) is 3.13. The van der Waals surface area contributed by atoms with E-state index in [4.69, 9.17) is 9.26 Å². The fourth-order valence-corrected chi connectivity index (χ4v) is 2.00. The lowest BCUT2D eigenvalue weighted by atomic mass is 10.1. The molecule has 2 rings (SSSR count). The van der Waals surface area contributed by atoms with Crippen molar-refractivity contribution in [3.05, 3.63) is 40.9 Å². The van der Waals surface area contributed by atoms with Gasteiger partial charge in [-0.25, -0.2) is 4.98 Å². The van der Waals surface area contributed by atoms with E-state index in [9.17, 15) is 4.79 Å². The van der Waals surface area contributed by atoms with Crippen LogP contribution < -0.4 is 10.1 Å². The van der Waals surface area contributed by atoms with Crippen LogP contribution in [-0.4, -0.2) is 22.7 Å². The van der Waals surface area contributed by atoms with E-state index in [1.165, 1.54) is 0 Å². The smallest absolute Gasteiger partial charge is 0.224 e. The molecule has 2 aromatic rings. The van der Waals surface area contributed by atoms with Crippen molar-refractivity contribution in [1.82, 2.24) is 15.5 Å². The molecule has 2 aromatic heterocycles. The maximum absolute atomic E-state index is 12.0. The SMILES string of the molecule is CCOc1ncccc1CNC(=O)Cc1c(C)noc1C. The zero-order valence-corrected chi connectivity index (χ0v) is 12.5. The first-order chi connectivity index (χ1) is 10.1. The highest BCUT2D eigenvalue weighted by atomic mass is 16.5. The van der Waals surface area contributed by atoms with Crippen LogP contribution in [0.1, 0.15) is 29.5 Å². The summed E-state index contributed by atoms with van der Waals surface area (Å²) in [6, 6.07) is 3.70. The molecular weight excluding hydrogens is 270 g/mol. The van der Waals surface area contributed by atoms with Gasteiger partial charge >= 0.3 is 0 Å². The van der Waals surface area contributed by atoms with Gasteiger partial charge in [0.1, 0.15) is 5.76 Å². The molecule has 0 aliphatic rings. The molecule has 1 N–H and O–H groups in total. The van der Waals surface area contributed by atoms with E-state index >= 15 is 0 Å². The maximum Gasteiger partial charge on any atom is 0.224 e. The van der Waals surface area contributed by atoms with E-state index < -0.39 is 0 Å². The molecule has 0 saturated carbocycles. The van der Waals surface area contributed by atoms with E-state index in [-0.39, 0.29) is 12.3 Å². The topological polar surface area (TPSA) is 77.2 Å². The van der Waals surface area contributed by atoms with Crippen LogP contribution in [-0.2, 0) is 17.8 Å². The molecule has 0 aromatic carbocycles. The molecule has 0 spiro atoms. The molecular formula is C15H19N3O3. The quantitative estimate of drug-likeness (QED) is 0.879. The highest BCUT2D eigenvalue weighted by Gasteiger charge is 2.14. The molecule has 6 nitrogen and oxygen atoms in total. The van der Waals surface area contributed by atoms with Crippen molar-refractivity contribution in [3.63, 3.8) is 0 Å². The number of aromatic nitrogens is 2. The van der Waals surface area contributed by atoms with Crippen LogP contribution in [0.15, 0.2) is 22.9 Å². The van der Waals surface area contributed by atoms with Gasteiger partial charge in [-0.15, -0.1) is 0 Å². The Morgan fingerprint density at radius 3 is 2.90 bits per heavy atom. The summed E-state index contributed by atoms with van der Waals surface area (Å²) in [6.07, 6.45) is 1.92. The molecule has 21 heavy (non-hydrogen) atoms. The minimum absolute atomic E-state index is 0.0873. The van der Waals surface area contributed by atoms with Gasteiger partial charge in [0.05, 0.1) is 18.7 Å². The second kappa shape index (κ2) is 6.88. The number of ether oxygens (including phenoxy) is 1. The van der Waals surface area contributed by atoms with Gasteiger partial charge in [-0.2, -0.15) is 0 Å². The van der Waals surface area contributed by atoms with Crippen molar-refractivity contribution in [2.75, 3.05) is 6.61 Å². The summed E-state index contributed by atoms with van der Waals surface area (Å²) in [4.78, 5) is 16.2. The number of carbonyl (C=O) groups excluding carboxylic acids is 1. The molecule has 0 unspecified atom stereocenters. The summed E-state index contributed by atoms with van der Waals surface area (Å²) in [5, 5.41) is 6.70. The summed E-state index contributed by atoms with van der Waals surface area (Å²) in [7, 11) is 0. The summed E-state index contributed by atoms with van der Waals surface area (Å²) < 4.78 is 10.5. The molecule has 0 bridgehead atoms. The number of rotatable bonds is 6. The summed E-state index contributed by atoms with van der Waals surface area (Å²) in [6.45, 7) is 6.45. The molecule has 0 saturated heterocycles. The molecule has 1 amide bonds.